The van der Waals surface area contributed by atoms with Crippen LogP contribution in [0.25, 0.3) is 0 Å². The maximum absolute atomic E-state index is 8.86. The van der Waals surface area contributed by atoms with Crippen molar-refractivity contribution in [3.05, 3.63) is 47.3 Å². The van der Waals surface area contributed by atoms with Crippen molar-refractivity contribution in [3.63, 3.8) is 0 Å². The quantitative estimate of drug-likeness (QED) is 0.840. The van der Waals surface area contributed by atoms with Gasteiger partial charge in [0.2, 0.25) is 0 Å². The molecule has 1 aromatic carbocycles. The summed E-state index contributed by atoms with van der Waals surface area (Å²) in [6.45, 7) is 3.44. The van der Waals surface area contributed by atoms with E-state index in [1.165, 1.54) is 5.56 Å². The fourth-order valence-electron chi connectivity index (χ4n) is 3.33. The minimum Gasteiger partial charge on any atom is -0.370 e. The predicted octanol–water partition coefficient (Wildman–Crippen LogP) is 1.50. The molecule has 22 heavy (non-hydrogen) atoms. The van der Waals surface area contributed by atoms with Crippen molar-refractivity contribution < 1.29 is 4.74 Å². The third-order valence-electron chi connectivity index (χ3n) is 4.50. The van der Waals surface area contributed by atoms with Crippen LogP contribution in [-0.4, -0.2) is 39.1 Å². The van der Waals surface area contributed by atoms with Gasteiger partial charge in [-0.1, -0.05) is 17.3 Å². The van der Waals surface area contributed by atoms with E-state index in [1.54, 1.807) is 6.20 Å². The van der Waals surface area contributed by atoms with E-state index in [0.29, 0.717) is 12.2 Å². The molecule has 6 heteroatoms. The number of aromatic nitrogens is 3. The van der Waals surface area contributed by atoms with E-state index in [4.69, 9.17) is 10.00 Å². The fourth-order valence-corrected chi connectivity index (χ4v) is 3.33. The Morgan fingerprint density at radius 2 is 2.18 bits per heavy atom. The van der Waals surface area contributed by atoms with Crippen LogP contribution in [0.5, 0.6) is 0 Å². The number of piperidine rings is 1. The van der Waals surface area contributed by atoms with Crippen molar-refractivity contribution in [2.75, 3.05) is 13.1 Å². The van der Waals surface area contributed by atoms with Crippen molar-refractivity contribution in [1.29, 1.82) is 5.26 Å². The zero-order valence-corrected chi connectivity index (χ0v) is 12.2. The van der Waals surface area contributed by atoms with Gasteiger partial charge in [-0.05, 0) is 24.1 Å². The maximum Gasteiger partial charge on any atom is 0.0991 e. The van der Waals surface area contributed by atoms with E-state index in [1.807, 2.05) is 28.9 Å². The van der Waals surface area contributed by atoms with Gasteiger partial charge >= 0.3 is 0 Å². The highest BCUT2D eigenvalue weighted by atomic mass is 16.5. The van der Waals surface area contributed by atoms with Gasteiger partial charge in [-0.3, -0.25) is 4.90 Å². The molecule has 0 aliphatic carbocycles. The second-order valence-electron chi connectivity index (χ2n) is 5.92. The molecule has 112 valence electrons. The Morgan fingerprint density at radius 1 is 1.32 bits per heavy atom. The van der Waals surface area contributed by atoms with Gasteiger partial charge in [0.15, 0.2) is 0 Å². The Kier molecular flexibility index (Phi) is 3.37. The Morgan fingerprint density at radius 3 is 3.00 bits per heavy atom. The molecular formula is C16H17N5O. The number of rotatable bonds is 2. The fraction of sp³-hybridized carbons (Fsp3) is 0.438. The number of hydrogen-bond donors (Lipinski definition) is 0. The molecule has 0 spiro atoms. The van der Waals surface area contributed by atoms with Crippen LogP contribution >= 0.6 is 0 Å². The Labute approximate surface area is 128 Å². The van der Waals surface area contributed by atoms with Crippen molar-refractivity contribution in [2.24, 2.45) is 0 Å². The van der Waals surface area contributed by atoms with E-state index in [9.17, 15) is 0 Å². The van der Waals surface area contributed by atoms with Gasteiger partial charge in [0.1, 0.15) is 0 Å². The number of benzene rings is 1. The molecule has 0 N–H and O–H groups in total. The average molecular weight is 295 g/mol. The lowest BCUT2D eigenvalue weighted by atomic mass is 9.99. The molecule has 2 aromatic rings. The first-order valence-electron chi connectivity index (χ1n) is 7.55. The number of likely N-dealkylation sites (tertiary alicyclic amines) is 1. The van der Waals surface area contributed by atoms with Crippen LogP contribution in [0.15, 0.2) is 30.5 Å². The summed E-state index contributed by atoms with van der Waals surface area (Å²) >= 11 is 0. The Bertz CT molecular complexity index is 702. The summed E-state index contributed by atoms with van der Waals surface area (Å²) in [7, 11) is 0. The van der Waals surface area contributed by atoms with Crippen LogP contribution in [0.3, 0.4) is 0 Å². The number of nitriles is 1. The Hall–Kier alpha value is -2.23. The van der Waals surface area contributed by atoms with Gasteiger partial charge in [-0.25, -0.2) is 4.68 Å². The standard InChI is InChI=1S/C16H17N5O/c17-7-12-1-3-13(4-2-12)9-20-6-5-16-15(10-20)21-14(11-22-16)8-18-19-21/h1-4,8,15-16H,5-6,9-11H2/t15-,16+/m1/s1. The molecule has 2 aliphatic heterocycles. The van der Waals surface area contributed by atoms with E-state index >= 15 is 0 Å². The molecule has 6 nitrogen and oxygen atoms in total. The summed E-state index contributed by atoms with van der Waals surface area (Å²) in [6.07, 6.45) is 3.04. The van der Waals surface area contributed by atoms with Gasteiger partial charge in [0.05, 0.1) is 42.3 Å². The summed E-state index contributed by atoms with van der Waals surface area (Å²) in [4.78, 5) is 2.42. The smallest absolute Gasteiger partial charge is 0.0991 e. The largest absolute Gasteiger partial charge is 0.370 e. The molecule has 3 heterocycles. The highest BCUT2D eigenvalue weighted by molar-refractivity contribution is 5.31. The highest BCUT2D eigenvalue weighted by Crippen LogP contribution is 2.30. The number of ether oxygens (including phenoxy) is 1. The van der Waals surface area contributed by atoms with Crippen LogP contribution in [-0.2, 0) is 17.9 Å². The zero-order valence-electron chi connectivity index (χ0n) is 12.2. The number of fused-ring (bicyclic) bond motifs is 3. The van der Waals surface area contributed by atoms with Gasteiger partial charge < -0.3 is 4.74 Å². The monoisotopic (exact) mass is 295 g/mol. The van der Waals surface area contributed by atoms with Crippen LogP contribution < -0.4 is 0 Å². The van der Waals surface area contributed by atoms with Gasteiger partial charge in [0.25, 0.3) is 0 Å². The Balaban J connectivity index is 1.48. The first kappa shape index (κ1) is 13.4. The molecule has 1 saturated heterocycles. The lowest BCUT2D eigenvalue weighted by Crippen LogP contribution is -2.47. The molecule has 4 rings (SSSR count). The minimum absolute atomic E-state index is 0.242. The second kappa shape index (κ2) is 5.52. The van der Waals surface area contributed by atoms with Crippen LogP contribution in [0.4, 0.5) is 0 Å². The normalized spacial score (nSPS) is 24.3. The van der Waals surface area contributed by atoms with E-state index in [2.05, 4.69) is 21.3 Å². The molecule has 0 unspecified atom stereocenters. The SMILES string of the molecule is N#Cc1ccc(CN2CC[C@@H]3OCc4cnnn4[C@@H]3C2)cc1. The molecule has 0 amide bonds. The summed E-state index contributed by atoms with van der Waals surface area (Å²) in [5.41, 5.74) is 2.99. The van der Waals surface area contributed by atoms with E-state index < -0.39 is 0 Å². The lowest BCUT2D eigenvalue weighted by Gasteiger charge is -2.41. The van der Waals surface area contributed by atoms with Crippen molar-refractivity contribution in [3.8, 4) is 6.07 Å². The van der Waals surface area contributed by atoms with Crippen LogP contribution in [0, 0.1) is 11.3 Å². The average Bonchev–Trinajstić information content (AvgIpc) is 3.05. The van der Waals surface area contributed by atoms with Gasteiger partial charge in [0, 0.05) is 19.6 Å². The van der Waals surface area contributed by atoms with Crippen LogP contribution in [0.2, 0.25) is 0 Å². The zero-order chi connectivity index (χ0) is 14.9. The minimum atomic E-state index is 0.242. The first-order chi connectivity index (χ1) is 10.8. The lowest BCUT2D eigenvalue weighted by molar-refractivity contribution is -0.0669. The topological polar surface area (TPSA) is 67.0 Å². The molecule has 2 atom stereocenters. The third kappa shape index (κ3) is 2.39. The molecule has 1 fully saturated rings. The van der Waals surface area contributed by atoms with E-state index in [-0.39, 0.29) is 12.1 Å². The summed E-state index contributed by atoms with van der Waals surface area (Å²) in [6, 6.07) is 10.2. The molecular weight excluding hydrogens is 278 g/mol. The molecule has 2 aliphatic rings. The van der Waals surface area contributed by atoms with Crippen LogP contribution in [0.1, 0.15) is 29.3 Å². The maximum atomic E-state index is 8.86. The van der Waals surface area contributed by atoms with Crippen molar-refractivity contribution in [2.45, 2.75) is 31.7 Å². The molecule has 0 saturated carbocycles. The number of hydrogen-bond acceptors (Lipinski definition) is 5. The van der Waals surface area contributed by atoms with Gasteiger partial charge in [-0.2, -0.15) is 5.26 Å². The van der Waals surface area contributed by atoms with Crippen molar-refractivity contribution in [1.82, 2.24) is 19.9 Å². The molecule has 1 aromatic heterocycles. The second-order valence-corrected chi connectivity index (χ2v) is 5.92. The summed E-state index contributed by atoms with van der Waals surface area (Å²) in [5, 5.41) is 17.1. The predicted molar refractivity (Wildman–Crippen MR) is 78.7 cm³/mol. The summed E-state index contributed by atoms with van der Waals surface area (Å²) < 4.78 is 7.96. The molecule has 0 radical (unpaired) electrons. The van der Waals surface area contributed by atoms with E-state index in [0.717, 1.165) is 31.7 Å². The van der Waals surface area contributed by atoms with Crippen molar-refractivity contribution >= 4 is 0 Å². The molecule has 0 bridgehead atoms. The summed E-state index contributed by atoms with van der Waals surface area (Å²) in [5.74, 6) is 0. The third-order valence-corrected chi connectivity index (χ3v) is 4.50. The first-order valence-corrected chi connectivity index (χ1v) is 7.55. The van der Waals surface area contributed by atoms with Gasteiger partial charge in [-0.15, -0.1) is 5.10 Å². The highest BCUT2D eigenvalue weighted by Gasteiger charge is 2.36. The number of nitrogens with zero attached hydrogens (tertiary/aromatic N) is 5.